The fraction of sp³-hybridized carbons (Fsp3) is 0.273. The number of nitrogens with one attached hydrogen (secondary N) is 2. The van der Waals surface area contributed by atoms with Crippen molar-refractivity contribution in [2.75, 3.05) is 31.3 Å². The number of amides is 1. The lowest BCUT2D eigenvalue weighted by atomic mass is 9.99. The van der Waals surface area contributed by atoms with Crippen LogP contribution in [0.1, 0.15) is 27.2 Å². The topological polar surface area (TPSA) is 118 Å². The Morgan fingerprint density at radius 3 is 2.68 bits per heavy atom. The number of para-hydroxylation sites is 1. The Hall–Kier alpha value is -3.72. The quantitative estimate of drug-likeness (QED) is 0.558. The lowest BCUT2D eigenvalue weighted by Gasteiger charge is -2.26. The van der Waals surface area contributed by atoms with Crippen molar-refractivity contribution >= 4 is 29.0 Å². The van der Waals surface area contributed by atoms with Gasteiger partial charge in [-0.1, -0.05) is 18.2 Å². The van der Waals surface area contributed by atoms with Gasteiger partial charge in [-0.2, -0.15) is 4.98 Å². The molecule has 160 valence electrons. The van der Waals surface area contributed by atoms with Gasteiger partial charge in [0.15, 0.2) is 11.5 Å². The molecule has 0 atom stereocenters. The molecule has 1 aliphatic rings. The van der Waals surface area contributed by atoms with Crippen LogP contribution in [0.25, 0.3) is 0 Å². The monoisotopic (exact) mass is 419 g/mol. The van der Waals surface area contributed by atoms with Crippen LogP contribution < -0.4 is 21.1 Å². The summed E-state index contributed by atoms with van der Waals surface area (Å²) >= 11 is 0. The van der Waals surface area contributed by atoms with E-state index in [0.29, 0.717) is 5.75 Å². The zero-order chi connectivity index (χ0) is 22.0. The van der Waals surface area contributed by atoms with Crippen LogP contribution >= 0.6 is 0 Å². The number of hydrogen-bond donors (Lipinski definition) is 3. The van der Waals surface area contributed by atoms with E-state index in [1.807, 2.05) is 43.3 Å². The molecule has 31 heavy (non-hydrogen) atoms. The van der Waals surface area contributed by atoms with Crippen molar-refractivity contribution in [3.05, 3.63) is 58.8 Å². The standard InChI is InChI=1S/C22H25N7O2/c1-13-6-4-5-7-16(13)24-21-19(20(23)30)27-28-22(26-21)25-17-10-15-12-29(2)9-8-14(15)11-18(17)31-3/h4-7,10-11H,8-9,12H2,1-3H3,(H2,23,30)(H2,24,25,26,28). The first-order chi connectivity index (χ1) is 14.9. The van der Waals surface area contributed by atoms with E-state index in [9.17, 15) is 4.79 Å². The van der Waals surface area contributed by atoms with Crippen molar-refractivity contribution in [3.8, 4) is 5.75 Å². The average Bonchev–Trinajstić information content (AvgIpc) is 2.75. The molecule has 4 N–H and O–H groups in total. The molecule has 2 aromatic carbocycles. The smallest absolute Gasteiger partial charge is 0.273 e. The molecule has 0 aliphatic carbocycles. The molecule has 0 fully saturated rings. The molecule has 0 saturated carbocycles. The van der Waals surface area contributed by atoms with Crippen LogP contribution in [0, 0.1) is 6.92 Å². The fourth-order valence-corrected chi connectivity index (χ4v) is 3.59. The lowest BCUT2D eigenvalue weighted by molar-refractivity contribution is 0.0995. The predicted molar refractivity (Wildman–Crippen MR) is 119 cm³/mol. The number of carbonyl (C=O) groups is 1. The number of nitrogens with two attached hydrogens (primary N) is 1. The van der Waals surface area contributed by atoms with Crippen molar-refractivity contribution < 1.29 is 9.53 Å². The summed E-state index contributed by atoms with van der Waals surface area (Å²) in [6.45, 7) is 3.82. The Morgan fingerprint density at radius 2 is 1.94 bits per heavy atom. The van der Waals surface area contributed by atoms with E-state index in [1.54, 1.807) is 7.11 Å². The third kappa shape index (κ3) is 4.41. The van der Waals surface area contributed by atoms with E-state index in [2.05, 4.69) is 37.8 Å². The van der Waals surface area contributed by atoms with Crippen LogP contribution in [0.15, 0.2) is 36.4 Å². The van der Waals surface area contributed by atoms with Gasteiger partial charge in [-0.3, -0.25) is 4.79 Å². The summed E-state index contributed by atoms with van der Waals surface area (Å²) in [6.07, 6.45) is 0.971. The van der Waals surface area contributed by atoms with Gasteiger partial charge in [0.05, 0.1) is 12.8 Å². The second kappa shape index (κ2) is 8.57. The molecule has 1 amide bonds. The molecule has 2 heterocycles. The molecule has 9 nitrogen and oxygen atoms in total. The van der Waals surface area contributed by atoms with Crippen LogP contribution in [-0.2, 0) is 13.0 Å². The minimum absolute atomic E-state index is 0.0344. The molecule has 0 bridgehead atoms. The highest BCUT2D eigenvalue weighted by atomic mass is 16.5. The van der Waals surface area contributed by atoms with E-state index in [-0.39, 0.29) is 17.5 Å². The second-order valence-corrected chi connectivity index (χ2v) is 7.57. The highest BCUT2D eigenvalue weighted by Gasteiger charge is 2.19. The average molecular weight is 419 g/mol. The summed E-state index contributed by atoms with van der Waals surface area (Å²) in [5.74, 6) is 0.441. The van der Waals surface area contributed by atoms with Crippen LogP contribution in [0.4, 0.5) is 23.1 Å². The number of carbonyl (C=O) groups excluding carboxylic acids is 1. The van der Waals surface area contributed by atoms with Gasteiger partial charge in [0.1, 0.15) is 5.75 Å². The molecule has 1 aromatic heterocycles. The first kappa shape index (κ1) is 20.5. The number of aromatic nitrogens is 3. The zero-order valence-electron chi connectivity index (χ0n) is 17.8. The largest absolute Gasteiger partial charge is 0.495 e. The molecule has 0 saturated heterocycles. The number of aryl methyl sites for hydroxylation is 1. The van der Waals surface area contributed by atoms with E-state index in [1.165, 1.54) is 11.1 Å². The van der Waals surface area contributed by atoms with Crippen molar-refractivity contribution in [1.82, 2.24) is 20.1 Å². The number of likely N-dealkylation sites (N-methyl/N-ethyl adjacent to an activating group) is 1. The number of methoxy groups -OCH3 is 1. The van der Waals surface area contributed by atoms with Crippen LogP contribution in [-0.4, -0.2) is 46.7 Å². The summed E-state index contributed by atoms with van der Waals surface area (Å²) in [4.78, 5) is 18.6. The summed E-state index contributed by atoms with van der Waals surface area (Å²) < 4.78 is 5.57. The van der Waals surface area contributed by atoms with Gasteiger partial charge in [-0.15, -0.1) is 10.2 Å². The number of fused-ring (bicyclic) bond motifs is 1. The SMILES string of the molecule is COc1cc2c(cc1Nc1nnc(C(N)=O)c(Nc3ccccc3C)n1)CN(C)CC2. The van der Waals surface area contributed by atoms with Crippen molar-refractivity contribution in [2.24, 2.45) is 5.73 Å². The first-order valence-corrected chi connectivity index (χ1v) is 9.97. The van der Waals surface area contributed by atoms with Gasteiger partial charge in [0.2, 0.25) is 5.95 Å². The molecule has 3 aromatic rings. The molecule has 0 unspecified atom stereocenters. The number of anilines is 4. The first-order valence-electron chi connectivity index (χ1n) is 9.97. The minimum atomic E-state index is -0.711. The Morgan fingerprint density at radius 1 is 1.13 bits per heavy atom. The maximum Gasteiger partial charge on any atom is 0.273 e. The molecular formula is C22H25N7O2. The van der Waals surface area contributed by atoms with E-state index in [0.717, 1.165) is 36.4 Å². The van der Waals surface area contributed by atoms with E-state index < -0.39 is 5.91 Å². The highest BCUT2D eigenvalue weighted by molar-refractivity contribution is 5.96. The van der Waals surface area contributed by atoms with E-state index in [4.69, 9.17) is 10.5 Å². The van der Waals surface area contributed by atoms with Gasteiger partial charge in [-0.05, 0) is 55.3 Å². The number of primary amides is 1. The maximum atomic E-state index is 11.9. The predicted octanol–water partition coefficient (Wildman–Crippen LogP) is 2.76. The van der Waals surface area contributed by atoms with Gasteiger partial charge in [0, 0.05) is 18.8 Å². The van der Waals surface area contributed by atoms with Crippen molar-refractivity contribution in [3.63, 3.8) is 0 Å². The number of ether oxygens (including phenoxy) is 1. The van der Waals surface area contributed by atoms with Gasteiger partial charge in [-0.25, -0.2) is 0 Å². The molecule has 1 aliphatic heterocycles. The summed E-state index contributed by atoms with van der Waals surface area (Å²) in [7, 11) is 3.72. The molecule has 0 radical (unpaired) electrons. The normalized spacial score (nSPS) is 13.4. The third-order valence-electron chi connectivity index (χ3n) is 5.29. The summed E-state index contributed by atoms with van der Waals surface area (Å²) in [5.41, 5.74) is 10.4. The Labute approximate surface area is 180 Å². The minimum Gasteiger partial charge on any atom is -0.495 e. The highest BCUT2D eigenvalue weighted by Crippen LogP contribution is 2.33. The molecule has 0 spiro atoms. The molecule has 9 heteroatoms. The second-order valence-electron chi connectivity index (χ2n) is 7.57. The van der Waals surface area contributed by atoms with Crippen molar-refractivity contribution in [1.29, 1.82) is 0 Å². The summed E-state index contributed by atoms with van der Waals surface area (Å²) in [5, 5.41) is 14.4. The lowest BCUT2D eigenvalue weighted by Crippen LogP contribution is -2.26. The maximum absolute atomic E-state index is 11.9. The zero-order valence-corrected chi connectivity index (χ0v) is 17.8. The van der Waals surface area contributed by atoms with Crippen LogP contribution in [0.5, 0.6) is 5.75 Å². The summed E-state index contributed by atoms with van der Waals surface area (Å²) in [6, 6.07) is 11.8. The van der Waals surface area contributed by atoms with Crippen molar-refractivity contribution in [2.45, 2.75) is 19.9 Å². The van der Waals surface area contributed by atoms with Gasteiger partial charge >= 0.3 is 0 Å². The van der Waals surface area contributed by atoms with E-state index >= 15 is 0 Å². The molecule has 4 rings (SSSR count). The van der Waals surface area contributed by atoms with Gasteiger partial charge < -0.3 is 26.0 Å². The van der Waals surface area contributed by atoms with Gasteiger partial charge in [0.25, 0.3) is 5.91 Å². The number of nitrogens with zero attached hydrogens (tertiary/aromatic N) is 4. The Kier molecular flexibility index (Phi) is 5.68. The molecular weight excluding hydrogens is 394 g/mol. The van der Waals surface area contributed by atoms with Crippen LogP contribution in [0.3, 0.4) is 0 Å². The van der Waals surface area contributed by atoms with Crippen LogP contribution in [0.2, 0.25) is 0 Å². The third-order valence-corrected chi connectivity index (χ3v) is 5.29. The Balaban J connectivity index is 1.68. The number of rotatable bonds is 6. The number of benzene rings is 2. The number of hydrogen-bond acceptors (Lipinski definition) is 8. The fourth-order valence-electron chi connectivity index (χ4n) is 3.59. The Bertz CT molecular complexity index is 1130.